The van der Waals surface area contributed by atoms with Crippen LogP contribution in [-0.2, 0) is 0 Å². The molecule has 19 heavy (non-hydrogen) atoms. The van der Waals surface area contributed by atoms with E-state index in [4.69, 9.17) is 5.84 Å². The highest BCUT2D eigenvalue weighted by Crippen LogP contribution is 2.40. The number of nitrogen functional groups attached to an aromatic ring is 1. The van der Waals surface area contributed by atoms with Crippen molar-refractivity contribution in [2.24, 2.45) is 11.8 Å². The lowest BCUT2D eigenvalue weighted by atomic mass is 10.1. The van der Waals surface area contributed by atoms with Gasteiger partial charge in [-0.3, -0.25) is 16.0 Å². The van der Waals surface area contributed by atoms with E-state index in [9.17, 15) is 10.1 Å². The van der Waals surface area contributed by atoms with Gasteiger partial charge in [-0.15, -0.1) is 0 Å². The summed E-state index contributed by atoms with van der Waals surface area (Å²) in [5, 5.41) is 11.3. The molecular weight excluding hydrogens is 244 g/mol. The molecule has 1 aliphatic rings. The van der Waals surface area contributed by atoms with Gasteiger partial charge in [-0.2, -0.15) is 0 Å². The molecule has 0 bridgehead atoms. The van der Waals surface area contributed by atoms with E-state index in [0.29, 0.717) is 23.3 Å². The Balaban J connectivity index is 2.43. The number of hydrogen-bond acceptors (Lipinski definition) is 5. The Labute approximate surface area is 112 Å². The van der Waals surface area contributed by atoms with Crippen molar-refractivity contribution in [3.05, 3.63) is 28.3 Å². The average molecular weight is 264 g/mol. The lowest BCUT2D eigenvalue weighted by molar-refractivity contribution is -0.383. The summed E-state index contributed by atoms with van der Waals surface area (Å²) < 4.78 is 0. The highest BCUT2D eigenvalue weighted by atomic mass is 16.6. The fourth-order valence-electron chi connectivity index (χ4n) is 2.30. The van der Waals surface area contributed by atoms with Gasteiger partial charge >= 0.3 is 5.69 Å². The number of rotatable bonds is 6. The molecule has 1 aromatic carbocycles. The maximum Gasteiger partial charge on any atom is 0.316 e. The Bertz CT molecular complexity index is 472. The monoisotopic (exact) mass is 264 g/mol. The molecule has 0 saturated heterocycles. The van der Waals surface area contributed by atoms with Crippen LogP contribution in [0.4, 0.5) is 17.1 Å². The minimum absolute atomic E-state index is 0.0672. The fraction of sp³-hybridized carbons (Fsp3) is 0.538. The number of nitrogens with two attached hydrogens (primary N) is 1. The van der Waals surface area contributed by atoms with Crippen molar-refractivity contribution in [3.8, 4) is 0 Å². The lowest BCUT2D eigenvalue weighted by Crippen LogP contribution is -2.30. The van der Waals surface area contributed by atoms with Crippen LogP contribution in [0.1, 0.15) is 26.7 Å². The second-order valence-electron chi connectivity index (χ2n) is 5.35. The van der Waals surface area contributed by atoms with Gasteiger partial charge in [-0.25, -0.2) is 0 Å². The average Bonchev–Trinajstić information content (AvgIpc) is 3.18. The summed E-state index contributed by atoms with van der Waals surface area (Å²) in [5.74, 6) is 5.83. The number of hydrogen-bond donors (Lipinski definition) is 2. The predicted molar refractivity (Wildman–Crippen MR) is 76.1 cm³/mol. The molecule has 0 aliphatic heterocycles. The Morgan fingerprint density at radius 1 is 1.53 bits per heavy atom. The molecule has 6 heteroatoms. The molecule has 0 radical (unpaired) electrons. The van der Waals surface area contributed by atoms with Gasteiger partial charge in [0.05, 0.1) is 4.92 Å². The lowest BCUT2D eigenvalue weighted by Gasteiger charge is -2.26. The molecule has 1 fully saturated rings. The number of benzene rings is 1. The number of nitro groups is 1. The van der Waals surface area contributed by atoms with Crippen LogP contribution in [0.2, 0.25) is 0 Å². The number of nitrogens with one attached hydrogen (secondary N) is 1. The number of para-hydroxylation sites is 1. The van der Waals surface area contributed by atoms with E-state index in [1.807, 2.05) is 0 Å². The summed E-state index contributed by atoms with van der Waals surface area (Å²) in [6, 6.07) is 5.66. The molecule has 0 aromatic heterocycles. The maximum absolute atomic E-state index is 11.3. The summed E-state index contributed by atoms with van der Waals surface area (Å²) in [6.45, 7) is 5.05. The van der Waals surface area contributed by atoms with E-state index in [-0.39, 0.29) is 10.6 Å². The minimum Gasteiger partial charge on any atom is -0.363 e. The van der Waals surface area contributed by atoms with Gasteiger partial charge in [0.1, 0.15) is 11.4 Å². The third-order valence-electron chi connectivity index (χ3n) is 3.21. The molecule has 1 saturated carbocycles. The zero-order valence-electron chi connectivity index (χ0n) is 11.3. The van der Waals surface area contributed by atoms with E-state index >= 15 is 0 Å². The van der Waals surface area contributed by atoms with Gasteiger partial charge in [0.15, 0.2) is 0 Å². The van der Waals surface area contributed by atoms with Crippen molar-refractivity contribution in [2.75, 3.05) is 16.9 Å². The quantitative estimate of drug-likeness (QED) is 0.468. The Morgan fingerprint density at radius 2 is 2.21 bits per heavy atom. The van der Waals surface area contributed by atoms with Crippen LogP contribution in [0.5, 0.6) is 0 Å². The summed E-state index contributed by atoms with van der Waals surface area (Å²) in [6.07, 6.45) is 2.20. The third kappa shape index (κ3) is 2.96. The molecule has 0 spiro atoms. The van der Waals surface area contributed by atoms with Crippen LogP contribution in [0.25, 0.3) is 0 Å². The van der Waals surface area contributed by atoms with Crippen molar-refractivity contribution in [1.29, 1.82) is 0 Å². The van der Waals surface area contributed by atoms with Crippen molar-refractivity contribution in [1.82, 2.24) is 0 Å². The molecule has 3 N–H and O–H groups in total. The molecule has 0 amide bonds. The Hall–Kier alpha value is -1.82. The molecule has 0 atom stereocenters. The first-order chi connectivity index (χ1) is 9.04. The van der Waals surface area contributed by atoms with Gasteiger partial charge in [-0.05, 0) is 30.9 Å². The van der Waals surface area contributed by atoms with E-state index < -0.39 is 0 Å². The molecule has 0 unspecified atom stereocenters. The summed E-state index contributed by atoms with van der Waals surface area (Å²) >= 11 is 0. The summed E-state index contributed by atoms with van der Waals surface area (Å²) in [5.41, 5.74) is 3.51. The number of anilines is 2. The molecule has 2 rings (SSSR count). The zero-order chi connectivity index (χ0) is 14.0. The van der Waals surface area contributed by atoms with Crippen molar-refractivity contribution < 1.29 is 4.92 Å². The van der Waals surface area contributed by atoms with Gasteiger partial charge in [0, 0.05) is 12.6 Å². The number of nitrogens with zero attached hydrogens (tertiary/aromatic N) is 2. The van der Waals surface area contributed by atoms with E-state index in [1.54, 1.807) is 18.2 Å². The zero-order valence-corrected chi connectivity index (χ0v) is 11.3. The largest absolute Gasteiger partial charge is 0.363 e. The fourth-order valence-corrected chi connectivity index (χ4v) is 2.30. The molecule has 0 heterocycles. The van der Waals surface area contributed by atoms with E-state index in [1.165, 1.54) is 0 Å². The van der Waals surface area contributed by atoms with Crippen molar-refractivity contribution in [3.63, 3.8) is 0 Å². The van der Waals surface area contributed by atoms with Crippen LogP contribution in [0.15, 0.2) is 18.2 Å². The second kappa shape index (κ2) is 5.44. The van der Waals surface area contributed by atoms with Crippen LogP contribution in [-0.4, -0.2) is 17.5 Å². The first-order valence-electron chi connectivity index (χ1n) is 6.55. The third-order valence-corrected chi connectivity index (χ3v) is 3.21. The highest BCUT2D eigenvalue weighted by molar-refractivity contribution is 5.77. The van der Waals surface area contributed by atoms with Crippen molar-refractivity contribution >= 4 is 17.1 Å². The highest BCUT2D eigenvalue weighted by Gasteiger charge is 2.34. The van der Waals surface area contributed by atoms with Gasteiger partial charge in [0.25, 0.3) is 0 Å². The molecule has 1 aromatic rings. The van der Waals surface area contributed by atoms with E-state index in [0.717, 1.165) is 19.4 Å². The minimum atomic E-state index is -0.361. The van der Waals surface area contributed by atoms with Gasteiger partial charge < -0.3 is 10.3 Å². The topological polar surface area (TPSA) is 84.4 Å². The van der Waals surface area contributed by atoms with Gasteiger partial charge in [0.2, 0.25) is 0 Å². The first kappa shape index (κ1) is 13.6. The van der Waals surface area contributed by atoms with Crippen LogP contribution in [0, 0.1) is 16.0 Å². The Kier molecular flexibility index (Phi) is 3.90. The molecule has 6 nitrogen and oxygen atoms in total. The maximum atomic E-state index is 11.3. The predicted octanol–water partition coefficient (Wildman–Crippen LogP) is 2.51. The summed E-state index contributed by atoms with van der Waals surface area (Å²) in [4.78, 5) is 13.1. The molecular formula is C13H20N4O2. The van der Waals surface area contributed by atoms with Crippen molar-refractivity contribution in [2.45, 2.75) is 32.7 Å². The smallest absolute Gasteiger partial charge is 0.316 e. The van der Waals surface area contributed by atoms with E-state index in [2.05, 4.69) is 24.2 Å². The summed E-state index contributed by atoms with van der Waals surface area (Å²) in [7, 11) is 0. The van der Waals surface area contributed by atoms with Crippen LogP contribution in [0.3, 0.4) is 0 Å². The Morgan fingerprint density at radius 3 is 2.68 bits per heavy atom. The molecule has 1 aliphatic carbocycles. The van der Waals surface area contributed by atoms with Gasteiger partial charge in [-0.1, -0.05) is 19.9 Å². The number of hydrazine groups is 1. The molecule has 104 valence electrons. The second-order valence-corrected chi connectivity index (χ2v) is 5.35. The van der Waals surface area contributed by atoms with Crippen LogP contribution < -0.4 is 16.2 Å². The van der Waals surface area contributed by atoms with Crippen LogP contribution >= 0.6 is 0 Å². The SMILES string of the molecule is CC(C)CN(c1cccc(NN)c1[N+](=O)[O-])C1CC1. The standard InChI is InChI=1S/C13H20N4O2/c1-9(2)8-16(10-6-7-10)12-5-3-4-11(15-14)13(12)17(18)19/h3-5,9-10,15H,6-8,14H2,1-2H3. The number of nitro benzene ring substituents is 1. The normalized spacial score (nSPS) is 14.5. The first-order valence-corrected chi connectivity index (χ1v) is 6.55.